The summed E-state index contributed by atoms with van der Waals surface area (Å²) in [6, 6.07) is 0. The molecule has 1 aliphatic heterocycles. The van der Waals surface area contributed by atoms with E-state index in [1.54, 1.807) is 9.80 Å². The smallest absolute Gasteiger partial charge is 0.291 e. The van der Waals surface area contributed by atoms with Gasteiger partial charge in [-0.1, -0.05) is 13.8 Å². The van der Waals surface area contributed by atoms with E-state index in [-0.39, 0.29) is 11.8 Å². The lowest BCUT2D eigenvalue weighted by Crippen LogP contribution is -2.48. The monoisotopic (exact) mass is 251 g/mol. The minimum absolute atomic E-state index is 0.137. The molecule has 0 bridgehead atoms. The number of oxazole rings is 1. The Morgan fingerprint density at radius 1 is 1.39 bits per heavy atom. The number of hydrogen-bond acceptors (Lipinski definition) is 4. The number of nitrogens with zero attached hydrogens (tertiary/aromatic N) is 3. The van der Waals surface area contributed by atoms with Crippen molar-refractivity contribution in [1.29, 1.82) is 0 Å². The van der Waals surface area contributed by atoms with Gasteiger partial charge in [-0.15, -0.1) is 0 Å². The molecule has 1 aromatic heterocycles. The van der Waals surface area contributed by atoms with Gasteiger partial charge in [0, 0.05) is 26.2 Å². The zero-order valence-electron chi connectivity index (χ0n) is 10.6. The largest absolute Gasteiger partial charge is 0.438 e. The summed E-state index contributed by atoms with van der Waals surface area (Å²) in [6.07, 6.45) is 2.13. The quantitative estimate of drug-likeness (QED) is 0.742. The van der Waals surface area contributed by atoms with Gasteiger partial charge in [0.25, 0.3) is 5.91 Å². The van der Waals surface area contributed by atoms with E-state index >= 15 is 0 Å². The van der Waals surface area contributed by atoms with Gasteiger partial charge in [-0.05, 0) is 5.92 Å². The van der Waals surface area contributed by atoms with Crippen LogP contribution in [-0.2, 0) is 4.79 Å². The standard InChI is InChI=1S/C12H17N3O3/c1-9(2)10-11(18-7-13-10)12(17)15-5-3-14(8-16)4-6-15/h7-9H,3-6H2,1-2H3. The molecule has 0 saturated carbocycles. The molecular weight excluding hydrogens is 234 g/mol. The van der Waals surface area contributed by atoms with Crippen molar-refractivity contribution >= 4 is 12.3 Å². The predicted molar refractivity (Wildman–Crippen MR) is 64.1 cm³/mol. The molecule has 0 aromatic carbocycles. The second-order valence-corrected chi connectivity index (χ2v) is 4.66. The van der Waals surface area contributed by atoms with Crippen molar-refractivity contribution in [2.75, 3.05) is 26.2 Å². The lowest BCUT2D eigenvalue weighted by atomic mass is 10.1. The molecule has 1 aliphatic rings. The second kappa shape index (κ2) is 5.20. The zero-order valence-corrected chi connectivity index (χ0v) is 10.6. The van der Waals surface area contributed by atoms with Crippen LogP contribution in [0, 0.1) is 0 Å². The van der Waals surface area contributed by atoms with Crippen molar-refractivity contribution < 1.29 is 14.0 Å². The maximum absolute atomic E-state index is 12.3. The van der Waals surface area contributed by atoms with Crippen molar-refractivity contribution in [3.8, 4) is 0 Å². The molecule has 1 aromatic rings. The molecule has 0 N–H and O–H groups in total. The summed E-state index contributed by atoms with van der Waals surface area (Å²) in [5.74, 6) is 0.338. The molecule has 0 unspecified atom stereocenters. The number of piperazine rings is 1. The molecule has 2 heterocycles. The van der Waals surface area contributed by atoms with E-state index in [4.69, 9.17) is 4.42 Å². The Balaban J connectivity index is 2.08. The summed E-state index contributed by atoms with van der Waals surface area (Å²) >= 11 is 0. The Hall–Kier alpha value is -1.85. The van der Waals surface area contributed by atoms with Crippen molar-refractivity contribution in [2.24, 2.45) is 0 Å². The van der Waals surface area contributed by atoms with Gasteiger partial charge in [-0.3, -0.25) is 9.59 Å². The number of carbonyl (C=O) groups excluding carboxylic acids is 2. The summed E-state index contributed by atoms with van der Waals surface area (Å²) in [5.41, 5.74) is 0.692. The summed E-state index contributed by atoms with van der Waals surface area (Å²) < 4.78 is 5.21. The van der Waals surface area contributed by atoms with Crippen LogP contribution in [0.1, 0.15) is 36.0 Å². The fourth-order valence-electron chi connectivity index (χ4n) is 2.00. The van der Waals surface area contributed by atoms with Gasteiger partial charge in [0.05, 0.1) is 5.69 Å². The summed E-state index contributed by atoms with van der Waals surface area (Å²) in [7, 11) is 0. The molecular formula is C12H17N3O3. The lowest BCUT2D eigenvalue weighted by molar-refractivity contribution is -0.119. The van der Waals surface area contributed by atoms with Crippen LogP contribution < -0.4 is 0 Å². The van der Waals surface area contributed by atoms with Crippen molar-refractivity contribution in [3.05, 3.63) is 17.8 Å². The van der Waals surface area contributed by atoms with Crippen molar-refractivity contribution in [1.82, 2.24) is 14.8 Å². The van der Waals surface area contributed by atoms with Crippen LogP contribution in [0.4, 0.5) is 0 Å². The summed E-state index contributed by atoms with van der Waals surface area (Å²) in [5, 5.41) is 0. The number of rotatable bonds is 3. The summed E-state index contributed by atoms with van der Waals surface area (Å²) in [6.45, 7) is 6.16. The topological polar surface area (TPSA) is 66.7 Å². The Morgan fingerprint density at radius 3 is 2.61 bits per heavy atom. The number of aromatic nitrogens is 1. The number of amides is 2. The SMILES string of the molecule is CC(C)c1ncoc1C(=O)N1CCN(C=O)CC1. The molecule has 18 heavy (non-hydrogen) atoms. The Bertz CT molecular complexity index is 434. The fraction of sp³-hybridized carbons (Fsp3) is 0.583. The third-order valence-corrected chi connectivity index (χ3v) is 3.09. The van der Waals surface area contributed by atoms with Gasteiger partial charge in [0.15, 0.2) is 6.39 Å². The highest BCUT2D eigenvalue weighted by Crippen LogP contribution is 2.19. The van der Waals surface area contributed by atoms with Crippen LogP contribution in [0.2, 0.25) is 0 Å². The summed E-state index contributed by atoms with van der Waals surface area (Å²) in [4.78, 5) is 30.3. The van der Waals surface area contributed by atoms with Crippen LogP contribution in [-0.4, -0.2) is 53.3 Å². The molecule has 1 saturated heterocycles. The van der Waals surface area contributed by atoms with Gasteiger partial charge >= 0.3 is 0 Å². The third kappa shape index (κ3) is 2.37. The van der Waals surface area contributed by atoms with E-state index in [0.29, 0.717) is 37.6 Å². The molecule has 0 radical (unpaired) electrons. The van der Waals surface area contributed by atoms with E-state index in [0.717, 1.165) is 6.41 Å². The number of carbonyl (C=O) groups is 2. The van der Waals surface area contributed by atoms with Gasteiger partial charge in [0.2, 0.25) is 12.2 Å². The predicted octanol–water partition coefficient (Wildman–Crippen LogP) is 0.712. The first kappa shape index (κ1) is 12.6. The molecule has 0 atom stereocenters. The molecule has 0 aliphatic carbocycles. The third-order valence-electron chi connectivity index (χ3n) is 3.09. The van der Waals surface area contributed by atoms with E-state index in [1.807, 2.05) is 13.8 Å². The van der Waals surface area contributed by atoms with E-state index in [2.05, 4.69) is 4.98 Å². The lowest BCUT2D eigenvalue weighted by Gasteiger charge is -2.32. The van der Waals surface area contributed by atoms with E-state index < -0.39 is 0 Å². The molecule has 98 valence electrons. The zero-order chi connectivity index (χ0) is 13.1. The second-order valence-electron chi connectivity index (χ2n) is 4.66. The van der Waals surface area contributed by atoms with Crippen LogP contribution in [0.5, 0.6) is 0 Å². The Kier molecular flexibility index (Phi) is 3.64. The average molecular weight is 251 g/mol. The first-order valence-electron chi connectivity index (χ1n) is 6.05. The van der Waals surface area contributed by atoms with Gasteiger partial charge < -0.3 is 14.2 Å². The Morgan fingerprint density at radius 2 is 2.06 bits per heavy atom. The van der Waals surface area contributed by atoms with Crippen LogP contribution in [0.25, 0.3) is 0 Å². The van der Waals surface area contributed by atoms with Crippen molar-refractivity contribution in [2.45, 2.75) is 19.8 Å². The first-order valence-corrected chi connectivity index (χ1v) is 6.05. The molecule has 6 heteroatoms. The highest BCUT2D eigenvalue weighted by Gasteiger charge is 2.27. The molecule has 1 fully saturated rings. The Labute approximate surface area is 106 Å². The minimum Gasteiger partial charge on any atom is -0.438 e. The highest BCUT2D eigenvalue weighted by molar-refractivity contribution is 5.92. The van der Waals surface area contributed by atoms with Crippen LogP contribution in [0.3, 0.4) is 0 Å². The first-order chi connectivity index (χ1) is 8.63. The molecule has 2 rings (SSSR count). The molecule has 2 amide bonds. The van der Waals surface area contributed by atoms with E-state index in [9.17, 15) is 9.59 Å². The average Bonchev–Trinajstić information content (AvgIpc) is 2.87. The highest BCUT2D eigenvalue weighted by atomic mass is 16.3. The fourth-order valence-corrected chi connectivity index (χ4v) is 2.00. The molecule has 0 spiro atoms. The van der Waals surface area contributed by atoms with Gasteiger partial charge in [0.1, 0.15) is 0 Å². The van der Waals surface area contributed by atoms with Gasteiger partial charge in [-0.2, -0.15) is 0 Å². The van der Waals surface area contributed by atoms with Crippen molar-refractivity contribution in [3.63, 3.8) is 0 Å². The molecule has 6 nitrogen and oxygen atoms in total. The van der Waals surface area contributed by atoms with E-state index in [1.165, 1.54) is 6.39 Å². The van der Waals surface area contributed by atoms with Crippen LogP contribution in [0.15, 0.2) is 10.8 Å². The maximum Gasteiger partial charge on any atom is 0.291 e. The number of hydrogen-bond donors (Lipinski definition) is 0. The van der Waals surface area contributed by atoms with Gasteiger partial charge in [-0.25, -0.2) is 4.98 Å². The maximum atomic E-state index is 12.3. The van der Waals surface area contributed by atoms with Crippen LogP contribution >= 0.6 is 0 Å². The minimum atomic E-state index is -0.137. The normalized spacial score (nSPS) is 16.2.